The number of hydrogen-bond acceptors (Lipinski definition) is 1. The first-order valence-electron chi connectivity index (χ1n) is 3.26. The Morgan fingerprint density at radius 2 is 1.00 bits per heavy atom. The summed E-state index contributed by atoms with van der Waals surface area (Å²) < 4.78 is 0. The van der Waals surface area contributed by atoms with E-state index in [4.69, 9.17) is 9.90 Å². The van der Waals surface area contributed by atoms with Crippen LogP contribution in [0, 0.1) is 12.2 Å². The monoisotopic (exact) mass is 996 g/mol. The van der Waals surface area contributed by atoms with Crippen molar-refractivity contribution >= 4 is 99.0 Å². The Morgan fingerprint density at radius 3 is 1.00 bits per heavy atom. The number of aliphatic carboxylic acids is 1. The van der Waals surface area contributed by atoms with Gasteiger partial charge in [-0.15, -0.1) is 0 Å². The molecule has 0 aromatic rings. The Bertz CT molecular complexity index is 144. The first-order chi connectivity index (χ1) is 8.21. The molecule has 20 heavy (non-hydrogen) atoms. The van der Waals surface area contributed by atoms with Gasteiger partial charge >= 0.3 is 133 Å². The van der Waals surface area contributed by atoms with Crippen molar-refractivity contribution in [3.05, 3.63) is 12.2 Å². The molecule has 0 heterocycles. The van der Waals surface area contributed by atoms with Gasteiger partial charge in [0.1, 0.15) is 0 Å². The summed E-state index contributed by atoms with van der Waals surface area (Å²) in [6.07, 6.45) is 5.36. The van der Waals surface area contributed by atoms with E-state index in [1.54, 1.807) is 0 Å². The van der Waals surface area contributed by atoms with Gasteiger partial charge in [-0.3, -0.25) is 4.79 Å². The molecule has 4 nitrogen and oxygen atoms in total. The van der Waals surface area contributed by atoms with Gasteiger partial charge in [-0.05, 0) is 26.0 Å². The second-order valence-electron chi connectivity index (χ2n) is 1.31. The number of allylic oxidation sites excluding steroid dienone is 2. The number of carboxylic acid groups (broad SMARTS) is 1. The molecule has 14 heteroatoms. The maximum atomic E-state index is 9.00. The SMILES string of the molecule is CC(=O)O.C[C]=[C]C.O.O.[Br][Mo]([Br])[Br].[Br][Mo][Br].[Br][Mo][Br]. The summed E-state index contributed by atoms with van der Waals surface area (Å²) in [4.78, 5) is 9.00. The normalized spacial score (nSPS) is 6.75. The first-order valence-corrected chi connectivity index (χ1v) is 35.4. The third-order valence-corrected chi connectivity index (χ3v) is 0.250. The Labute approximate surface area is 189 Å². The fourth-order valence-corrected chi connectivity index (χ4v) is 0. The molecular formula is C6H14Br7Mo3O4. The van der Waals surface area contributed by atoms with E-state index < -0.39 is 17.1 Å². The van der Waals surface area contributed by atoms with Crippen LogP contribution in [-0.4, -0.2) is 22.0 Å². The molecule has 0 aliphatic carbocycles. The molecule has 129 valence electrons. The summed E-state index contributed by atoms with van der Waals surface area (Å²) in [5.74, 6) is -0.833. The van der Waals surface area contributed by atoms with Crippen molar-refractivity contribution in [3.63, 3.8) is 0 Å². The van der Waals surface area contributed by atoms with Crippen LogP contribution in [0.25, 0.3) is 0 Å². The van der Waals surface area contributed by atoms with Gasteiger partial charge in [0.05, 0.1) is 0 Å². The van der Waals surface area contributed by atoms with Gasteiger partial charge in [0, 0.05) is 6.92 Å². The van der Waals surface area contributed by atoms with Crippen molar-refractivity contribution in [2.75, 3.05) is 0 Å². The molecule has 0 saturated heterocycles. The van der Waals surface area contributed by atoms with E-state index in [1.165, 1.54) is 0 Å². The molecule has 0 aromatic heterocycles. The second-order valence-corrected chi connectivity index (χ2v) is 47.6. The molecule has 5 N–H and O–H groups in total. The van der Waals surface area contributed by atoms with Crippen LogP contribution in [0.1, 0.15) is 20.8 Å². The number of carbonyl (C=O) groups is 1. The predicted octanol–water partition coefficient (Wildman–Crippen LogP) is 5.54. The van der Waals surface area contributed by atoms with Gasteiger partial charge in [0.25, 0.3) is 5.97 Å². The van der Waals surface area contributed by atoms with Crippen molar-refractivity contribution in [2.45, 2.75) is 20.8 Å². The number of halogens is 7. The molecule has 0 fully saturated rings. The molecule has 0 saturated carbocycles. The van der Waals surface area contributed by atoms with Gasteiger partial charge in [0.15, 0.2) is 0 Å². The fourth-order valence-electron chi connectivity index (χ4n) is 0. The topological polar surface area (TPSA) is 100 Å². The molecule has 0 rings (SSSR count). The van der Waals surface area contributed by atoms with E-state index in [2.05, 4.69) is 105 Å². The van der Waals surface area contributed by atoms with E-state index in [-0.39, 0.29) is 39.9 Å². The van der Waals surface area contributed by atoms with Crippen molar-refractivity contribution < 1.29 is 60.9 Å². The Kier molecular flexibility index (Phi) is 125. The molecule has 0 amide bonds. The molecule has 0 spiro atoms. The van der Waals surface area contributed by atoms with E-state index >= 15 is 0 Å². The zero-order chi connectivity index (χ0) is 16.0. The van der Waals surface area contributed by atoms with Crippen LogP contribution >= 0.6 is 93.1 Å². The minimum atomic E-state index is -0.919. The van der Waals surface area contributed by atoms with Crippen molar-refractivity contribution in [2.24, 2.45) is 0 Å². The predicted molar refractivity (Wildman–Crippen MR) is 101 cm³/mol. The Balaban J connectivity index is -0.0000000207. The van der Waals surface area contributed by atoms with Gasteiger partial charge in [-0.25, -0.2) is 0 Å². The second kappa shape index (κ2) is 56.6. The first kappa shape index (κ1) is 44.2. The average molecular weight is 997 g/mol. The zero-order valence-electron chi connectivity index (χ0n) is 10.2. The summed E-state index contributed by atoms with van der Waals surface area (Å²) in [6.45, 7) is 4.72. The van der Waals surface area contributed by atoms with Crippen LogP contribution < -0.4 is 0 Å². The molecule has 0 unspecified atom stereocenters. The summed E-state index contributed by atoms with van der Waals surface area (Å²) in [5.41, 5.74) is 0. The standard InChI is InChI=1S/C4H6.C2H4O2.7BrH.3Mo.2H2O/c1-3-4-2;1-2(3)4;;;;;;;;;;;;/h1-2H3;1H3,(H,3,4);7*1H;;;;2*1H2/q;;;;;;;;;2*+2;+3;;/p-7. The fraction of sp³-hybridized carbons (Fsp3) is 0.500. The van der Waals surface area contributed by atoms with E-state index in [1.807, 2.05) is 13.8 Å². The molecule has 0 aromatic carbocycles. The van der Waals surface area contributed by atoms with Crippen molar-refractivity contribution in [3.8, 4) is 0 Å². The van der Waals surface area contributed by atoms with E-state index in [9.17, 15) is 0 Å². The number of rotatable bonds is 0. The van der Waals surface area contributed by atoms with Crippen LogP contribution in [0.3, 0.4) is 0 Å². The van der Waals surface area contributed by atoms with Crippen LogP contribution in [0.5, 0.6) is 0 Å². The third kappa shape index (κ3) is 340. The summed E-state index contributed by atoms with van der Waals surface area (Å²) in [7, 11) is 0. The van der Waals surface area contributed by atoms with Crippen molar-refractivity contribution in [1.82, 2.24) is 0 Å². The maximum absolute atomic E-state index is 9.00. The zero-order valence-corrected chi connectivity index (χ0v) is 27.3. The molecule has 0 aliphatic heterocycles. The Morgan fingerprint density at radius 1 is 0.950 bits per heavy atom. The third-order valence-electron chi connectivity index (χ3n) is 0.250. The van der Waals surface area contributed by atoms with Crippen molar-refractivity contribution in [1.29, 1.82) is 0 Å². The number of carboxylic acids is 1. The summed E-state index contributed by atoms with van der Waals surface area (Å²) in [6, 6.07) is 0. The van der Waals surface area contributed by atoms with E-state index in [0.29, 0.717) is 0 Å². The summed E-state index contributed by atoms with van der Waals surface area (Å²) >= 11 is 21.9. The number of hydrogen-bond donors (Lipinski definition) is 1. The molecule has 0 atom stereocenters. The molecule has 2 radical (unpaired) electrons. The minimum absolute atomic E-state index is 0. The quantitative estimate of drug-likeness (QED) is 0.323. The van der Waals surface area contributed by atoms with Gasteiger partial charge in [-0.1, -0.05) is 0 Å². The van der Waals surface area contributed by atoms with Gasteiger partial charge in [0.2, 0.25) is 0 Å². The van der Waals surface area contributed by atoms with Crippen LogP contribution in [0.15, 0.2) is 0 Å². The molecule has 0 aliphatic rings. The van der Waals surface area contributed by atoms with Gasteiger partial charge < -0.3 is 16.1 Å². The molecular weight excluding hydrogens is 983 g/mol. The summed E-state index contributed by atoms with van der Waals surface area (Å²) in [5, 5.41) is 7.42. The van der Waals surface area contributed by atoms with E-state index in [0.717, 1.165) is 6.92 Å². The average Bonchev–Trinajstić information content (AvgIpc) is 2.18. The molecule has 0 bridgehead atoms. The Hall–Kier alpha value is 4.55. The van der Waals surface area contributed by atoms with Crippen LogP contribution in [0.2, 0.25) is 0 Å². The van der Waals surface area contributed by atoms with Crippen LogP contribution in [-0.2, 0) is 44.8 Å². The van der Waals surface area contributed by atoms with Crippen LogP contribution in [0.4, 0.5) is 0 Å². The van der Waals surface area contributed by atoms with Gasteiger partial charge in [-0.2, -0.15) is 0 Å².